The summed E-state index contributed by atoms with van der Waals surface area (Å²) in [6.07, 6.45) is 3.36. The van der Waals surface area contributed by atoms with Crippen LogP contribution in [0.3, 0.4) is 0 Å². The molecule has 0 spiro atoms. The number of carbonyl (C=O) groups excluding carboxylic acids is 2. The summed E-state index contributed by atoms with van der Waals surface area (Å²) in [7, 11) is 0. The summed E-state index contributed by atoms with van der Waals surface area (Å²) in [6, 6.07) is 0. The Balaban J connectivity index is 2.03. The zero-order valence-electron chi connectivity index (χ0n) is 11.6. The third-order valence-electron chi connectivity index (χ3n) is 3.46. The van der Waals surface area contributed by atoms with Gasteiger partial charge in [-0.3, -0.25) is 14.3 Å². The molecule has 6 nitrogen and oxygen atoms in total. The molecule has 1 aromatic heterocycles. The van der Waals surface area contributed by atoms with Crippen molar-refractivity contribution in [3.05, 3.63) is 17.5 Å². The van der Waals surface area contributed by atoms with E-state index in [0.29, 0.717) is 30.3 Å². The van der Waals surface area contributed by atoms with E-state index in [4.69, 9.17) is 0 Å². The van der Waals surface area contributed by atoms with Gasteiger partial charge in [-0.2, -0.15) is 17.7 Å². The molecule has 20 heavy (non-hydrogen) atoms. The normalized spacial score (nSPS) is 17.4. The molecule has 0 saturated heterocycles. The van der Waals surface area contributed by atoms with E-state index in [0.717, 1.165) is 25.1 Å². The minimum Gasteiger partial charge on any atom is -0.356 e. The summed E-state index contributed by atoms with van der Waals surface area (Å²) in [5.74, 6) is 0.858. The van der Waals surface area contributed by atoms with Crippen LogP contribution in [0, 0.1) is 5.92 Å². The van der Waals surface area contributed by atoms with Crippen molar-refractivity contribution in [1.82, 2.24) is 20.4 Å². The number of carbonyl (C=O) groups is 2. The van der Waals surface area contributed by atoms with E-state index in [1.54, 1.807) is 6.20 Å². The van der Waals surface area contributed by atoms with Crippen molar-refractivity contribution in [3.8, 4) is 0 Å². The second-order valence-corrected chi connectivity index (χ2v) is 5.45. The predicted molar refractivity (Wildman–Crippen MR) is 78.9 cm³/mol. The average molecular weight is 296 g/mol. The molecule has 0 radical (unpaired) electrons. The lowest BCUT2D eigenvalue weighted by molar-refractivity contribution is -0.119. The second kappa shape index (κ2) is 6.78. The largest absolute Gasteiger partial charge is 0.356 e. The molecule has 7 heteroatoms. The Kier molecular flexibility index (Phi) is 5.05. The molecule has 0 saturated carbocycles. The first-order valence-corrected chi connectivity index (χ1v) is 7.43. The molecule has 0 fully saturated rings. The van der Waals surface area contributed by atoms with Gasteiger partial charge in [0.25, 0.3) is 5.91 Å². The molecule has 1 aliphatic heterocycles. The number of aromatic nitrogens is 2. The topological polar surface area (TPSA) is 76.0 Å². The first kappa shape index (κ1) is 14.9. The van der Waals surface area contributed by atoms with Gasteiger partial charge in [0, 0.05) is 32.3 Å². The molecule has 2 heterocycles. The predicted octanol–water partition coefficient (Wildman–Crippen LogP) is 0.241. The van der Waals surface area contributed by atoms with Crippen LogP contribution in [0.15, 0.2) is 6.20 Å². The molecule has 2 N–H and O–H groups in total. The summed E-state index contributed by atoms with van der Waals surface area (Å²) in [6.45, 7) is 3.50. The van der Waals surface area contributed by atoms with E-state index in [2.05, 4.69) is 28.4 Å². The molecular weight excluding hydrogens is 276 g/mol. The molecule has 1 aliphatic rings. The van der Waals surface area contributed by atoms with Crippen LogP contribution in [0.2, 0.25) is 0 Å². The number of rotatable bonds is 5. The molecule has 2 amide bonds. The van der Waals surface area contributed by atoms with Gasteiger partial charge >= 0.3 is 0 Å². The van der Waals surface area contributed by atoms with Gasteiger partial charge in [0.1, 0.15) is 0 Å². The first-order chi connectivity index (χ1) is 9.61. The maximum atomic E-state index is 12.0. The Hall–Kier alpha value is -1.50. The summed E-state index contributed by atoms with van der Waals surface area (Å²) >= 11 is 4.08. The number of amides is 2. The fourth-order valence-electron chi connectivity index (χ4n) is 2.42. The van der Waals surface area contributed by atoms with E-state index in [1.165, 1.54) is 6.92 Å². The molecular formula is C13H20N4O2S. The number of nitrogens with zero attached hydrogens (tertiary/aromatic N) is 2. The van der Waals surface area contributed by atoms with E-state index < -0.39 is 0 Å². The van der Waals surface area contributed by atoms with Crippen molar-refractivity contribution in [2.75, 3.05) is 18.8 Å². The Morgan fingerprint density at radius 2 is 2.30 bits per heavy atom. The monoisotopic (exact) mass is 296 g/mol. The standard InChI is InChI=1S/C13H20N4O2S/c1-9(18)15-7-10-2-4-17-12(6-10)11(8-16-17)13(19)14-3-5-20/h8,10,20H,2-7H2,1H3,(H,14,19)(H,15,18). The van der Waals surface area contributed by atoms with Crippen LogP contribution in [-0.4, -0.2) is 40.4 Å². The maximum absolute atomic E-state index is 12.0. The highest BCUT2D eigenvalue weighted by molar-refractivity contribution is 7.80. The van der Waals surface area contributed by atoms with E-state index >= 15 is 0 Å². The van der Waals surface area contributed by atoms with E-state index in [9.17, 15) is 9.59 Å². The lowest BCUT2D eigenvalue weighted by Gasteiger charge is -2.24. The third-order valence-corrected chi connectivity index (χ3v) is 3.69. The number of thiol groups is 1. The molecule has 1 atom stereocenters. The fraction of sp³-hybridized carbons (Fsp3) is 0.615. The fourth-order valence-corrected chi connectivity index (χ4v) is 2.53. The highest BCUT2D eigenvalue weighted by Gasteiger charge is 2.25. The molecule has 1 aromatic rings. The minimum absolute atomic E-state index is 0.0178. The molecule has 0 aliphatic carbocycles. The van der Waals surface area contributed by atoms with Crippen molar-refractivity contribution in [1.29, 1.82) is 0 Å². The van der Waals surface area contributed by atoms with Gasteiger partial charge < -0.3 is 10.6 Å². The zero-order chi connectivity index (χ0) is 14.5. The lowest BCUT2D eigenvalue weighted by Crippen LogP contribution is -2.33. The van der Waals surface area contributed by atoms with E-state index in [1.807, 2.05) is 4.68 Å². The minimum atomic E-state index is -0.0968. The maximum Gasteiger partial charge on any atom is 0.254 e. The lowest BCUT2D eigenvalue weighted by atomic mass is 9.94. The van der Waals surface area contributed by atoms with Gasteiger partial charge in [-0.1, -0.05) is 0 Å². The summed E-state index contributed by atoms with van der Waals surface area (Å²) in [5.41, 5.74) is 1.60. The van der Waals surface area contributed by atoms with Crippen LogP contribution >= 0.6 is 12.6 Å². The quantitative estimate of drug-likeness (QED) is 0.681. The van der Waals surface area contributed by atoms with Crippen LogP contribution < -0.4 is 10.6 Å². The van der Waals surface area contributed by atoms with Crippen LogP contribution in [0.1, 0.15) is 29.4 Å². The van der Waals surface area contributed by atoms with Gasteiger partial charge in [0.15, 0.2) is 0 Å². The van der Waals surface area contributed by atoms with Crippen molar-refractivity contribution in [2.24, 2.45) is 5.92 Å². The molecule has 1 unspecified atom stereocenters. The van der Waals surface area contributed by atoms with Crippen LogP contribution in [0.25, 0.3) is 0 Å². The number of nitrogens with one attached hydrogen (secondary N) is 2. The average Bonchev–Trinajstić information content (AvgIpc) is 2.85. The van der Waals surface area contributed by atoms with E-state index in [-0.39, 0.29) is 11.8 Å². The molecule has 0 aromatic carbocycles. The number of hydrogen-bond donors (Lipinski definition) is 3. The highest BCUT2D eigenvalue weighted by Crippen LogP contribution is 2.22. The number of aryl methyl sites for hydroxylation is 1. The van der Waals surface area contributed by atoms with Gasteiger partial charge in [-0.15, -0.1) is 0 Å². The smallest absolute Gasteiger partial charge is 0.254 e. The van der Waals surface area contributed by atoms with Crippen LogP contribution in [-0.2, 0) is 17.8 Å². The Morgan fingerprint density at radius 3 is 3.00 bits per heavy atom. The van der Waals surface area contributed by atoms with Crippen molar-refractivity contribution in [3.63, 3.8) is 0 Å². The Morgan fingerprint density at radius 1 is 1.50 bits per heavy atom. The number of hydrogen-bond acceptors (Lipinski definition) is 4. The van der Waals surface area contributed by atoms with Crippen molar-refractivity contribution < 1.29 is 9.59 Å². The Bertz CT molecular complexity index is 501. The van der Waals surface area contributed by atoms with Gasteiger partial charge in [0.05, 0.1) is 17.5 Å². The Labute approximate surface area is 123 Å². The highest BCUT2D eigenvalue weighted by atomic mass is 32.1. The van der Waals surface area contributed by atoms with Crippen molar-refractivity contribution >= 4 is 24.4 Å². The van der Waals surface area contributed by atoms with Crippen molar-refractivity contribution in [2.45, 2.75) is 26.3 Å². The summed E-state index contributed by atoms with van der Waals surface area (Å²) in [5, 5.41) is 9.92. The third kappa shape index (κ3) is 3.53. The second-order valence-electron chi connectivity index (χ2n) is 5.00. The van der Waals surface area contributed by atoms with Gasteiger partial charge in [-0.05, 0) is 18.8 Å². The summed E-state index contributed by atoms with van der Waals surface area (Å²) < 4.78 is 1.89. The summed E-state index contributed by atoms with van der Waals surface area (Å²) in [4.78, 5) is 23.0. The molecule has 2 rings (SSSR count). The molecule has 110 valence electrons. The number of fused-ring (bicyclic) bond motifs is 1. The molecule has 0 bridgehead atoms. The zero-order valence-corrected chi connectivity index (χ0v) is 12.4. The first-order valence-electron chi connectivity index (χ1n) is 6.80. The van der Waals surface area contributed by atoms with Gasteiger partial charge in [-0.25, -0.2) is 0 Å². The van der Waals surface area contributed by atoms with Crippen LogP contribution in [0.5, 0.6) is 0 Å². The SMILES string of the molecule is CC(=O)NCC1CCn2ncc(C(=O)NCCS)c2C1. The van der Waals surface area contributed by atoms with Gasteiger partial charge in [0.2, 0.25) is 5.91 Å². The van der Waals surface area contributed by atoms with Crippen LogP contribution in [0.4, 0.5) is 0 Å².